The number of rotatable bonds is 3. The maximum atomic E-state index is 9.90. The average molecular weight is 306 g/mol. The number of phenols is 1. The van der Waals surface area contributed by atoms with E-state index < -0.39 is 0 Å². The number of fused-ring (bicyclic) bond motifs is 1. The molecule has 1 fully saturated rings. The molecular weight excluding hydrogens is 284 g/mol. The van der Waals surface area contributed by atoms with Crippen molar-refractivity contribution < 1.29 is 5.11 Å². The molecule has 1 aromatic heterocycles. The molecule has 1 saturated carbocycles. The van der Waals surface area contributed by atoms with E-state index >= 15 is 0 Å². The molecule has 1 heterocycles. The monoisotopic (exact) mass is 306 g/mol. The fourth-order valence-electron chi connectivity index (χ4n) is 3.74. The van der Waals surface area contributed by atoms with Crippen molar-refractivity contribution in [2.75, 3.05) is 0 Å². The topological polar surface area (TPSA) is 38.1 Å². The first-order chi connectivity index (χ1) is 11.3. The normalized spacial score (nSPS) is 16.0. The molecule has 1 aliphatic rings. The Balaban J connectivity index is 1.78. The van der Waals surface area contributed by atoms with E-state index in [1.807, 2.05) is 22.9 Å². The van der Waals surface area contributed by atoms with Gasteiger partial charge in [0.05, 0.1) is 17.8 Å². The number of aromatic nitrogens is 2. The third-order valence-electron chi connectivity index (χ3n) is 4.93. The minimum Gasteiger partial charge on any atom is -0.508 e. The van der Waals surface area contributed by atoms with Crippen molar-refractivity contribution in [3.8, 4) is 5.75 Å². The van der Waals surface area contributed by atoms with Crippen LogP contribution in [0.25, 0.3) is 10.9 Å². The van der Waals surface area contributed by atoms with Gasteiger partial charge in [0, 0.05) is 17.4 Å². The zero-order valence-corrected chi connectivity index (χ0v) is 13.3. The van der Waals surface area contributed by atoms with E-state index in [2.05, 4.69) is 24.3 Å². The summed E-state index contributed by atoms with van der Waals surface area (Å²) in [6.45, 7) is 0.744. The predicted octanol–water partition coefficient (Wildman–Crippen LogP) is 4.84. The average Bonchev–Trinajstić information content (AvgIpc) is 2.94. The van der Waals surface area contributed by atoms with Crippen LogP contribution < -0.4 is 0 Å². The highest BCUT2D eigenvalue weighted by molar-refractivity contribution is 5.84. The lowest BCUT2D eigenvalue weighted by atomic mass is 9.86. The molecule has 4 rings (SSSR count). The van der Waals surface area contributed by atoms with Gasteiger partial charge in [0.15, 0.2) is 0 Å². The maximum absolute atomic E-state index is 9.90. The van der Waals surface area contributed by atoms with Crippen LogP contribution in [0.3, 0.4) is 0 Å². The predicted molar refractivity (Wildman–Crippen MR) is 92.8 cm³/mol. The van der Waals surface area contributed by atoms with Gasteiger partial charge in [0.25, 0.3) is 0 Å². The summed E-state index contributed by atoms with van der Waals surface area (Å²) in [5, 5.41) is 16.1. The molecule has 0 unspecified atom stereocenters. The summed E-state index contributed by atoms with van der Waals surface area (Å²) in [7, 11) is 0. The first-order valence-corrected chi connectivity index (χ1v) is 8.54. The Morgan fingerprint density at radius 2 is 1.78 bits per heavy atom. The minimum atomic E-state index is 0.307. The SMILES string of the molecule is Oc1ccc2c(C3CCCCC3)nn(Cc3ccccc3)c2c1. The lowest BCUT2D eigenvalue weighted by molar-refractivity contribution is 0.434. The Hall–Kier alpha value is -2.29. The molecule has 3 aromatic rings. The van der Waals surface area contributed by atoms with Crippen LogP contribution in [-0.4, -0.2) is 14.9 Å². The summed E-state index contributed by atoms with van der Waals surface area (Å²) in [6.07, 6.45) is 6.42. The fourth-order valence-corrected chi connectivity index (χ4v) is 3.74. The molecule has 23 heavy (non-hydrogen) atoms. The van der Waals surface area contributed by atoms with Gasteiger partial charge >= 0.3 is 0 Å². The van der Waals surface area contributed by atoms with Crippen LogP contribution in [0.4, 0.5) is 0 Å². The van der Waals surface area contributed by atoms with Gasteiger partial charge in [0.1, 0.15) is 5.75 Å². The number of hydrogen-bond acceptors (Lipinski definition) is 2. The molecule has 3 nitrogen and oxygen atoms in total. The van der Waals surface area contributed by atoms with E-state index in [1.54, 1.807) is 6.07 Å². The van der Waals surface area contributed by atoms with Crippen molar-refractivity contribution in [3.05, 3.63) is 59.8 Å². The van der Waals surface area contributed by atoms with Gasteiger partial charge in [-0.2, -0.15) is 5.10 Å². The summed E-state index contributed by atoms with van der Waals surface area (Å²) >= 11 is 0. The molecule has 0 spiro atoms. The number of nitrogens with zero attached hydrogens (tertiary/aromatic N) is 2. The van der Waals surface area contributed by atoms with E-state index in [9.17, 15) is 5.11 Å². The van der Waals surface area contributed by atoms with Gasteiger partial charge in [-0.05, 0) is 30.5 Å². The van der Waals surface area contributed by atoms with Crippen molar-refractivity contribution >= 4 is 10.9 Å². The van der Waals surface area contributed by atoms with E-state index in [0.717, 1.165) is 12.1 Å². The van der Waals surface area contributed by atoms with Crippen molar-refractivity contribution in [1.82, 2.24) is 9.78 Å². The van der Waals surface area contributed by atoms with Gasteiger partial charge in [-0.15, -0.1) is 0 Å². The number of benzene rings is 2. The molecule has 3 heteroatoms. The van der Waals surface area contributed by atoms with Crippen LogP contribution in [0.5, 0.6) is 5.75 Å². The van der Waals surface area contributed by atoms with E-state index in [4.69, 9.17) is 5.10 Å². The quantitative estimate of drug-likeness (QED) is 0.752. The highest BCUT2D eigenvalue weighted by Gasteiger charge is 2.22. The van der Waals surface area contributed by atoms with Crippen LogP contribution in [0.1, 0.15) is 49.3 Å². The number of aromatic hydroxyl groups is 1. The van der Waals surface area contributed by atoms with Crippen molar-refractivity contribution in [3.63, 3.8) is 0 Å². The molecule has 0 amide bonds. The standard InChI is InChI=1S/C20H22N2O/c23-17-11-12-18-19(13-17)22(14-15-7-3-1-4-8-15)21-20(18)16-9-5-2-6-10-16/h1,3-4,7-8,11-13,16,23H,2,5-6,9-10,14H2. The number of phenolic OH excluding ortho intramolecular Hbond substituents is 1. The molecule has 118 valence electrons. The summed E-state index contributed by atoms with van der Waals surface area (Å²) in [6, 6.07) is 16.0. The zero-order chi connectivity index (χ0) is 15.6. The molecule has 0 radical (unpaired) electrons. The van der Waals surface area contributed by atoms with E-state index in [1.165, 1.54) is 48.7 Å². The minimum absolute atomic E-state index is 0.307. The summed E-state index contributed by atoms with van der Waals surface area (Å²) in [4.78, 5) is 0. The summed E-state index contributed by atoms with van der Waals surface area (Å²) in [5.41, 5.74) is 3.49. The third kappa shape index (κ3) is 2.83. The Kier molecular flexibility index (Phi) is 3.78. The van der Waals surface area contributed by atoms with Gasteiger partial charge in [-0.3, -0.25) is 4.68 Å². The molecule has 0 saturated heterocycles. The number of hydrogen-bond donors (Lipinski definition) is 1. The molecule has 0 atom stereocenters. The Morgan fingerprint density at radius 3 is 2.57 bits per heavy atom. The van der Waals surface area contributed by atoms with Gasteiger partial charge < -0.3 is 5.11 Å². The van der Waals surface area contributed by atoms with Crippen LogP contribution in [0.15, 0.2) is 48.5 Å². The smallest absolute Gasteiger partial charge is 0.117 e. The largest absolute Gasteiger partial charge is 0.508 e. The zero-order valence-electron chi connectivity index (χ0n) is 13.3. The van der Waals surface area contributed by atoms with E-state index in [0.29, 0.717) is 11.7 Å². The van der Waals surface area contributed by atoms with Crippen LogP contribution >= 0.6 is 0 Å². The molecule has 0 bridgehead atoms. The van der Waals surface area contributed by atoms with Crippen LogP contribution in [0, 0.1) is 0 Å². The highest BCUT2D eigenvalue weighted by atomic mass is 16.3. The maximum Gasteiger partial charge on any atom is 0.117 e. The first kappa shape index (κ1) is 14.3. The van der Waals surface area contributed by atoms with Gasteiger partial charge in [0.2, 0.25) is 0 Å². The third-order valence-corrected chi connectivity index (χ3v) is 4.93. The Morgan fingerprint density at radius 1 is 1.00 bits per heavy atom. The second-order valence-corrected chi connectivity index (χ2v) is 6.56. The van der Waals surface area contributed by atoms with Crippen molar-refractivity contribution in [2.45, 2.75) is 44.6 Å². The van der Waals surface area contributed by atoms with Crippen molar-refractivity contribution in [1.29, 1.82) is 0 Å². The van der Waals surface area contributed by atoms with Gasteiger partial charge in [-0.1, -0.05) is 49.6 Å². The second-order valence-electron chi connectivity index (χ2n) is 6.56. The van der Waals surface area contributed by atoms with Crippen molar-refractivity contribution in [2.24, 2.45) is 0 Å². The lowest BCUT2D eigenvalue weighted by Crippen LogP contribution is -2.07. The summed E-state index contributed by atoms with van der Waals surface area (Å²) < 4.78 is 2.05. The highest BCUT2D eigenvalue weighted by Crippen LogP contribution is 2.36. The second kappa shape index (κ2) is 6.07. The molecule has 1 N–H and O–H groups in total. The molecule has 2 aromatic carbocycles. The first-order valence-electron chi connectivity index (χ1n) is 8.54. The Labute approximate surface area is 136 Å². The van der Waals surface area contributed by atoms with E-state index in [-0.39, 0.29) is 0 Å². The molecule has 1 aliphatic carbocycles. The van der Waals surface area contributed by atoms with Crippen LogP contribution in [0.2, 0.25) is 0 Å². The molecular formula is C20H22N2O. The Bertz CT molecular complexity index is 801. The van der Waals surface area contributed by atoms with Gasteiger partial charge in [-0.25, -0.2) is 0 Å². The molecule has 0 aliphatic heterocycles. The fraction of sp³-hybridized carbons (Fsp3) is 0.350. The lowest BCUT2D eigenvalue weighted by Gasteiger charge is -2.19. The summed E-state index contributed by atoms with van der Waals surface area (Å²) in [5.74, 6) is 0.870. The van der Waals surface area contributed by atoms with Crippen LogP contribution in [-0.2, 0) is 6.54 Å².